The van der Waals surface area contributed by atoms with Crippen molar-refractivity contribution in [2.24, 2.45) is 5.92 Å². The predicted molar refractivity (Wildman–Crippen MR) is 136 cm³/mol. The molecule has 0 bridgehead atoms. The summed E-state index contributed by atoms with van der Waals surface area (Å²) in [6, 6.07) is 14.9. The highest BCUT2D eigenvalue weighted by Crippen LogP contribution is 2.20. The number of fused-ring (bicyclic) bond motifs is 1. The Kier molecular flexibility index (Phi) is 7.35. The first-order valence-electron chi connectivity index (χ1n) is 12.0. The first kappa shape index (κ1) is 23.6. The SMILES string of the molecule is CCOc1ccc(NC(=O)NC2CCN(c3nc4ccccc4n(CC(C)C)c3=O)CC2)cc1. The zero-order valence-corrected chi connectivity index (χ0v) is 20.1. The van der Waals surface area contributed by atoms with Gasteiger partial charge in [-0.05, 0) is 62.1 Å². The summed E-state index contributed by atoms with van der Waals surface area (Å²) in [6.07, 6.45) is 1.49. The second-order valence-electron chi connectivity index (χ2n) is 9.05. The number of anilines is 2. The number of carbonyl (C=O) groups is 1. The standard InChI is InChI=1S/C26H33N5O3/c1-4-34-21-11-9-19(10-12-21)27-26(33)28-20-13-15-30(16-14-20)24-25(32)31(17-18(2)3)23-8-6-5-7-22(23)29-24/h5-12,18,20H,4,13-17H2,1-3H3,(H2,27,28,33). The predicted octanol–water partition coefficient (Wildman–Crippen LogP) is 4.24. The molecule has 0 aliphatic carbocycles. The van der Waals surface area contributed by atoms with E-state index in [9.17, 15) is 9.59 Å². The molecule has 34 heavy (non-hydrogen) atoms. The molecule has 2 heterocycles. The zero-order valence-electron chi connectivity index (χ0n) is 20.1. The van der Waals surface area contributed by atoms with Gasteiger partial charge < -0.3 is 24.8 Å². The number of para-hydroxylation sites is 2. The van der Waals surface area contributed by atoms with E-state index in [4.69, 9.17) is 9.72 Å². The second-order valence-corrected chi connectivity index (χ2v) is 9.05. The number of nitrogens with one attached hydrogen (secondary N) is 2. The van der Waals surface area contributed by atoms with E-state index in [1.807, 2.05) is 64.9 Å². The number of ether oxygens (including phenoxy) is 1. The molecular formula is C26H33N5O3. The lowest BCUT2D eigenvalue weighted by molar-refractivity contribution is 0.246. The van der Waals surface area contributed by atoms with Gasteiger partial charge in [-0.3, -0.25) is 4.79 Å². The van der Waals surface area contributed by atoms with E-state index in [2.05, 4.69) is 24.5 Å². The van der Waals surface area contributed by atoms with Gasteiger partial charge in [-0.2, -0.15) is 0 Å². The molecule has 2 N–H and O–H groups in total. The van der Waals surface area contributed by atoms with E-state index in [-0.39, 0.29) is 17.6 Å². The molecule has 180 valence electrons. The first-order chi connectivity index (χ1) is 16.4. The molecular weight excluding hydrogens is 430 g/mol. The molecule has 1 aromatic heterocycles. The summed E-state index contributed by atoms with van der Waals surface area (Å²) in [5.41, 5.74) is 2.36. The van der Waals surface area contributed by atoms with E-state index >= 15 is 0 Å². The number of nitrogens with zero attached hydrogens (tertiary/aromatic N) is 3. The van der Waals surface area contributed by atoms with Crippen LogP contribution >= 0.6 is 0 Å². The minimum absolute atomic E-state index is 0.0392. The maximum atomic E-state index is 13.3. The molecule has 2 aromatic carbocycles. The number of amides is 2. The van der Waals surface area contributed by atoms with Gasteiger partial charge in [-0.15, -0.1) is 0 Å². The van der Waals surface area contributed by atoms with Crippen molar-refractivity contribution >= 4 is 28.6 Å². The number of hydrogen-bond donors (Lipinski definition) is 2. The monoisotopic (exact) mass is 463 g/mol. The van der Waals surface area contributed by atoms with Crippen molar-refractivity contribution in [3.63, 3.8) is 0 Å². The Morgan fingerprint density at radius 2 is 1.82 bits per heavy atom. The quantitative estimate of drug-likeness (QED) is 0.547. The van der Waals surface area contributed by atoms with E-state index in [0.29, 0.717) is 43.7 Å². The summed E-state index contributed by atoms with van der Waals surface area (Å²) in [7, 11) is 0. The van der Waals surface area contributed by atoms with Crippen LogP contribution in [-0.4, -0.2) is 41.3 Å². The molecule has 0 unspecified atom stereocenters. The molecule has 1 saturated heterocycles. The molecule has 0 spiro atoms. The third kappa shape index (κ3) is 5.50. The Morgan fingerprint density at radius 1 is 1.12 bits per heavy atom. The first-order valence-corrected chi connectivity index (χ1v) is 12.0. The van der Waals surface area contributed by atoms with E-state index in [1.54, 1.807) is 0 Å². The molecule has 0 saturated carbocycles. The van der Waals surface area contributed by atoms with Crippen molar-refractivity contribution in [2.45, 2.75) is 46.2 Å². The average Bonchev–Trinajstić information content (AvgIpc) is 2.82. The van der Waals surface area contributed by atoms with Crippen LogP contribution in [-0.2, 0) is 6.54 Å². The van der Waals surface area contributed by atoms with E-state index < -0.39 is 0 Å². The minimum Gasteiger partial charge on any atom is -0.494 e. The lowest BCUT2D eigenvalue weighted by Crippen LogP contribution is -2.47. The smallest absolute Gasteiger partial charge is 0.319 e. The molecule has 1 aliphatic heterocycles. The average molecular weight is 464 g/mol. The van der Waals surface area contributed by atoms with Gasteiger partial charge in [0.25, 0.3) is 5.56 Å². The molecule has 4 rings (SSSR count). The van der Waals surface area contributed by atoms with Crippen molar-refractivity contribution in [3.05, 3.63) is 58.9 Å². The number of benzene rings is 2. The number of rotatable bonds is 7. The van der Waals surface area contributed by atoms with Gasteiger partial charge in [-0.1, -0.05) is 26.0 Å². The topological polar surface area (TPSA) is 88.5 Å². The Balaban J connectivity index is 1.39. The highest BCUT2D eigenvalue weighted by atomic mass is 16.5. The largest absolute Gasteiger partial charge is 0.494 e. The molecule has 8 nitrogen and oxygen atoms in total. The van der Waals surface area contributed by atoms with Crippen LogP contribution in [0.1, 0.15) is 33.6 Å². The molecule has 8 heteroatoms. The Bertz CT molecular complexity index is 1180. The van der Waals surface area contributed by atoms with Gasteiger partial charge in [0.1, 0.15) is 5.75 Å². The number of aromatic nitrogens is 2. The normalized spacial score (nSPS) is 14.4. The molecule has 1 fully saturated rings. The molecule has 2 amide bonds. The van der Waals surface area contributed by atoms with Crippen LogP contribution in [0.2, 0.25) is 0 Å². The third-order valence-electron chi connectivity index (χ3n) is 5.94. The van der Waals surface area contributed by atoms with Gasteiger partial charge in [0.15, 0.2) is 5.82 Å². The van der Waals surface area contributed by atoms with Crippen molar-refractivity contribution in [1.82, 2.24) is 14.9 Å². The van der Waals surface area contributed by atoms with Crippen molar-refractivity contribution in [2.75, 3.05) is 29.9 Å². The summed E-state index contributed by atoms with van der Waals surface area (Å²) >= 11 is 0. The van der Waals surface area contributed by atoms with Crippen LogP contribution in [0.25, 0.3) is 11.0 Å². The van der Waals surface area contributed by atoms with Crippen molar-refractivity contribution in [1.29, 1.82) is 0 Å². The highest BCUT2D eigenvalue weighted by Gasteiger charge is 2.24. The maximum absolute atomic E-state index is 13.3. The fourth-order valence-electron chi connectivity index (χ4n) is 4.32. The van der Waals surface area contributed by atoms with Crippen molar-refractivity contribution in [3.8, 4) is 5.75 Å². The fraction of sp³-hybridized carbons (Fsp3) is 0.423. The number of carbonyl (C=O) groups excluding carboxylic acids is 1. The Hall–Kier alpha value is -3.55. The van der Waals surface area contributed by atoms with Crippen LogP contribution in [0.4, 0.5) is 16.3 Å². The molecule has 1 aliphatic rings. The van der Waals surface area contributed by atoms with Crippen LogP contribution in [0.5, 0.6) is 5.75 Å². The molecule has 3 aromatic rings. The van der Waals surface area contributed by atoms with Crippen LogP contribution < -0.4 is 25.8 Å². The second kappa shape index (κ2) is 10.6. The van der Waals surface area contributed by atoms with E-state index in [1.165, 1.54) is 0 Å². The Morgan fingerprint density at radius 3 is 2.50 bits per heavy atom. The lowest BCUT2D eigenvalue weighted by atomic mass is 10.1. The van der Waals surface area contributed by atoms with Gasteiger partial charge in [0.2, 0.25) is 0 Å². The van der Waals surface area contributed by atoms with E-state index in [0.717, 1.165) is 29.6 Å². The maximum Gasteiger partial charge on any atom is 0.319 e. The summed E-state index contributed by atoms with van der Waals surface area (Å²) in [5.74, 6) is 1.62. The summed E-state index contributed by atoms with van der Waals surface area (Å²) in [5, 5.41) is 5.92. The summed E-state index contributed by atoms with van der Waals surface area (Å²) in [6.45, 7) is 8.73. The molecule has 0 radical (unpaired) electrons. The number of urea groups is 1. The van der Waals surface area contributed by atoms with Gasteiger partial charge >= 0.3 is 6.03 Å². The summed E-state index contributed by atoms with van der Waals surface area (Å²) in [4.78, 5) is 32.5. The van der Waals surface area contributed by atoms with Crippen LogP contribution in [0, 0.1) is 5.92 Å². The van der Waals surface area contributed by atoms with Gasteiger partial charge in [0.05, 0.1) is 17.6 Å². The van der Waals surface area contributed by atoms with Crippen LogP contribution in [0.3, 0.4) is 0 Å². The third-order valence-corrected chi connectivity index (χ3v) is 5.94. The molecule has 0 atom stereocenters. The minimum atomic E-state index is -0.231. The fourth-order valence-corrected chi connectivity index (χ4v) is 4.32. The lowest BCUT2D eigenvalue weighted by Gasteiger charge is -2.33. The summed E-state index contributed by atoms with van der Waals surface area (Å²) < 4.78 is 7.27. The number of piperidine rings is 1. The van der Waals surface area contributed by atoms with Gasteiger partial charge in [-0.25, -0.2) is 9.78 Å². The highest BCUT2D eigenvalue weighted by molar-refractivity contribution is 5.89. The zero-order chi connectivity index (χ0) is 24.1. The Labute approximate surface area is 199 Å². The number of hydrogen-bond acceptors (Lipinski definition) is 5. The van der Waals surface area contributed by atoms with Crippen LogP contribution in [0.15, 0.2) is 53.3 Å². The van der Waals surface area contributed by atoms with Gasteiger partial charge in [0, 0.05) is 31.4 Å². The van der Waals surface area contributed by atoms with Crippen molar-refractivity contribution < 1.29 is 9.53 Å².